The monoisotopic (exact) mass is 719 g/mol. The third-order valence-electron chi connectivity index (χ3n) is 6.53. The van der Waals surface area contributed by atoms with Crippen molar-refractivity contribution in [2.24, 2.45) is 0 Å². The lowest BCUT2D eigenvalue weighted by atomic mass is 10.4. The van der Waals surface area contributed by atoms with Crippen LogP contribution in [0.3, 0.4) is 0 Å². The molecule has 0 aromatic carbocycles. The van der Waals surface area contributed by atoms with Crippen LogP contribution in [0, 0.1) is 0 Å². The summed E-state index contributed by atoms with van der Waals surface area (Å²) in [7, 11) is -2.05. The molecule has 0 aliphatic carbocycles. The van der Waals surface area contributed by atoms with Gasteiger partial charge in [-0.3, -0.25) is 5.10 Å². The topological polar surface area (TPSA) is 121 Å². The zero-order chi connectivity index (χ0) is 33.3. The summed E-state index contributed by atoms with van der Waals surface area (Å²) in [6.45, 7) is 16.5. The molecule has 0 atom stereocenters. The van der Waals surface area contributed by atoms with Crippen molar-refractivity contribution in [2.75, 3.05) is 13.2 Å². The van der Waals surface area contributed by atoms with E-state index in [1.165, 1.54) is 0 Å². The number of aromatic amines is 1. The molecule has 46 heavy (non-hydrogen) atoms. The van der Waals surface area contributed by atoms with E-state index in [1.54, 1.807) is 40.0 Å². The second kappa shape index (κ2) is 16.3. The van der Waals surface area contributed by atoms with Gasteiger partial charge in [-0.1, -0.05) is 74.1 Å². The highest BCUT2D eigenvalue weighted by Gasteiger charge is 2.13. The molecule has 0 saturated carbocycles. The number of nitrogens with one attached hydrogen (secondary N) is 1. The molecular formula is C30H40Cl3N9O2Si2. The Morgan fingerprint density at radius 1 is 0.696 bits per heavy atom. The number of fused-ring (bicyclic) bond motifs is 3. The lowest BCUT2D eigenvalue weighted by Gasteiger charge is -2.15. The van der Waals surface area contributed by atoms with E-state index in [0.29, 0.717) is 34.6 Å². The van der Waals surface area contributed by atoms with Crippen LogP contribution in [0.25, 0.3) is 33.1 Å². The van der Waals surface area contributed by atoms with Crippen molar-refractivity contribution in [3.05, 3.63) is 70.4 Å². The van der Waals surface area contributed by atoms with Crippen molar-refractivity contribution >= 4 is 84.1 Å². The standard InChI is InChI=1S/2C12H18ClN3OSi.C6H4ClN3/c1-18(2,3)7-6-17-9-16-8-10-4-5-11(13)14-12(10)15-16;1-18(2,3)7-6-17-9-16-12-10(8-14-16)4-5-11(13)15-12;7-5-2-1-4-3-8-10-6(4)9-5/h2*4-5,8H,6-7,9H2,1-3H3;1-3H,(H,8,9,10). The van der Waals surface area contributed by atoms with Crippen molar-refractivity contribution in [3.63, 3.8) is 0 Å². The zero-order valence-electron chi connectivity index (χ0n) is 27.0. The van der Waals surface area contributed by atoms with Crippen LogP contribution in [0.5, 0.6) is 0 Å². The fourth-order valence-electron chi connectivity index (χ4n) is 3.89. The normalized spacial score (nSPS) is 11.8. The van der Waals surface area contributed by atoms with Crippen LogP contribution in [0.1, 0.15) is 0 Å². The molecular weight excluding hydrogens is 681 g/mol. The summed E-state index contributed by atoms with van der Waals surface area (Å²) in [5.41, 5.74) is 2.17. The van der Waals surface area contributed by atoms with Gasteiger partial charge in [-0.05, 0) is 48.5 Å². The number of rotatable bonds is 10. The average Bonchev–Trinajstić information content (AvgIpc) is 3.71. The van der Waals surface area contributed by atoms with E-state index in [0.717, 1.165) is 52.8 Å². The molecule has 6 aromatic rings. The molecule has 6 aromatic heterocycles. The number of hydrogen-bond donors (Lipinski definition) is 1. The van der Waals surface area contributed by atoms with Gasteiger partial charge in [0.25, 0.3) is 0 Å². The van der Waals surface area contributed by atoms with Crippen molar-refractivity contribution in [1.82, 2.24) is 44.7 Å². The Morgan fingerprint density at radius 2 is 1.28 bits per heavy atom. The van der Waals surface area contributed by atoms with Crippen LogP contribution < -0.4 is 0 Å². The van der Waals surface area contributed by atoms with Gasteiger partial charge in [0.1, 0.15) is 28.9 Å². The van der Waals surface area contributed by atoms with Gasteiger partial charge in [0, 0.05) is 51.7 Å². The summed E-state index contributed by atoms with van der Waals surface area (Å²) >= 11 is 17.3. The predicted molar refractivity (Wildman–Crippen MR) is 192 cm³/mol. The van der Waals surface area contributed by atoms with Crippen molar-refractivity contribution in [1.29, 1.82) is 0 Å². The van der Waals surface area contributed by atoms with Crippen LogP contribution in [0.15, 0.2) is 55.0 Å². The van der Waals surface area contributed by atoms with E-state index in [4.69, 9.17) is 44.3 Å². The smallest absolute Gasteiger partial charge is 0.182 e. The first kappa shape index (κ1) is 35.9. The minimum absolute atomic E-state index is 0.432. The second-order valence-electron chi connectivity index (χ2n) is 13.0. The number of H-pyrrole nitrogens is 1. The first-order valence-electron chi connectivity index (χ1n) is 14.8. The molecule has 0 radical (unpaired) electrons. The van der Waals surface area contributed by atoms with Crippen molar-refractivity contribution in [3.8, 4) is 0 Å². The first-order valence-corrected chi connectivity index (χ1v) is 23.4. The van der Waals surface area contributed by atoms with Gasteiger partial charge >= 0.3 is 0 Å². The van der Waals surface area contributed by atoms with Crippen molar-refractivity contribution in [2.45, 2.75) is 64.8 Å². The highest BCUT2D eigenvalue weighted by Crippen LogP contribution is 2.16. The molecule has 6 rings (SSSR count). The Hall–Kier alpha value is -2.92. The molecule has 16 heteroatoms. The third kappa shape index (κ3) is 11.7. The Morgan fingerprint density at radius 3 is 1.96 bits per heavy atom. The van der Waals surface area contributed by atoms with E-state index in [1.807, 2.05) is 24.4 Å². The summed E-state index contributed by atoms with van der Waals surface area (Å²) in [6.07, 6.45) is 5.41. The summed E-state index contributed by atoms with van der Waals surface area (Å²) in [5, 5.41) is 19.4. The van der Waals surface area contributed by atoms with Crippen molar-refractivity contribution < 1.29 is 9.47 Å². The molecule has 0 amide bonds. The van der Waals surface area contributed by atoms with Gasteiger partial charge < -0.3 is 9.47 Å². The van der Waals surface area contributed by atoms with Gasteiger partial charge in [-0.2, -0.15) is 15.3 Å². The highest BCUT2D eigenvalue weighted by molar-refractivity contribution is 6.76. The number of nitrogens with zero attached hydrogens (tertiary/aromatic N) is 8. The fourth-order valence-corrected chi connectivity index (χ4v) is 5.83. The summed E-state index contributed by atoms with van der Waals surface area (Å²) in [5.74, 6) is 0. The van der Waals surface area contributed by atoms with E-state index in [9.17, 15) is 0 Å². The minimum Gasteiger partial charge on any atom is -0.360 e. The quantitative estimate of drug-likeness (QED) is 0.0851. The molecule has 11 nitrogen and oxygen atoms in total. The Kier molecular flexibility index (Phi) is 12.7. The minimum atomic E-state index is -1.03. The summed E-state index contributed by atoms with van der Waals surface area (Å²) in [4.78, 5) is 12.4. The lowest BCUT2D eigenvalue weighted by molar-refractivity contribution is 0.0790. The molecule has 246 valence electrons. The SMILES string of the molecule is C[Si](C)(C)CCOCn1cc2ccc(Cl)nc2n1.C[Si](C)(C)CCOCn1ncc2ccc(Cl)nc21.Clc1ccc2cn[nH]c2n1. The van der Waals surface area contributed by atoms with Gasteiger partial charge in [0.2, 0.25) is 0 Å². The maximum absolute atomic E-state index is 5.88. The maximum atomic E-state index is 5.88. The first-order chi connectivity index (χ1) is 21.8. The lowest BCUT2D eigenvalue weighted by Crippen LogP contribution is -2.22. The van der Waals surface area contributed by atoms with Gasteiger partial charge in [-0.25, -0.2) is 24.3 Å². The highest BCUT2D eigenvalue weighted by atomic mass is 35.5. The largest absolute Gasteiger partial charge is 0.360 e. The molecule has 0 saturated heterocycles. The van der Waals surface area contributed by atoms with Crippen LogP contribution in [0.2, 0.25) is 66.8 Å². The molecule has 0 fully saturated rings. The van der Waals surface area contributed by atoms with E-state index >= 15 is 0 Å². The van der Waals surface area contributed by atoms with Gasteiger partial charge in [-0.15, -0.1) is 0 Å². The van der Waals surface area contributed by atoms with E-state index in [2.05, 4.69) is 74.6 Å². The molecule has 0 aliphatic heterocycles. The van der Waals surface area contributed by atoms with Crippen LogP contribution >= 0.6 is 34.8 Å². The van der Waals surface area contributed by atoms with Crippen LogP contribution in [-0.2, 0) is 22.9 Å². The van der Waals surface area contributed by atoms with Crippen LogP contribution in [-0.4, -0.2) is 74.1 Å². The van der Waals surface area contributed by atoms with Gasteiger partial charge in [0.15, 0.2) is 16.9 Å². The zero-order valence-corrected chi connectivity index (χ0v) is 31.2. The molecule has 6 heterocycles. The van der Waals surface area contributed by atoms with Crippen LogP contribution in [0.4, 0.5) is 0 Å². The number of pyridine rings is 3. The molecule has 1 N–H and O–H groups in total. The molecule has 0 bridgehead atoms. The number of aromatic nitrogens is 9. The molecule has 0 aliphatic rings. The fraction of sp³-hybridized carbons (Fsp3) is 0.400. The molecule has 0 unspecified atom stereocenters. The average molecular weight is 721 g/mol. The maximum Gasteiger partial charge on any atom is 0.182 e. The Bertz CT molecular complexity index is 1840. The Labute approximate surface area is 285 Å². The molecule has 0 spiro atoms. The van der Waals surface area contributed by atoms with E-state index < -0.39 is 16.1 Å². The Balaban J connectivity index is 0.000000163. The number of ether oxygens (including phenoxy) is 2. The summed E-state index contributed by atoms with van der Waals surface area (Å²) < 4.78 is 14.8. The second-order valence-corrected chi connectivity index (χ2v) is 25.4. The number of hydrogen-bond acceptors (Lipinski definition) is 8. The summed E-state index contributed by atoms with van der Waals surface area (Å²) in [6, 6.07) is 13.3. The van der Waals surface area contributed by atoms with E-state index in [-0.39, 0.29) is 0 Å². The third-order valence-corrected chi connectivity index (χ3v) is 10.6. The predicted octanol–water partition coefficient (Wildman–Crippen LogP) is 8.41. The van der Waals surface area contributed by atoms with Gasteiger partial charge in [0.05, 0.1) is 12.4 Å². The number of halogens is 3.